The molecule has 3 fully saturated rings. The van der Waals surface area contributed by atoms with Crippen LogP contribution < -0.4 is 4.90 Å². The van der Waals surface area contributed by atoms with Crippen LogP contribution >= 0.6 is 30.8 Å². The van der Waals surface area contributed by atoms with Gasteiger partial charge in [0.05, 0.1) is 11.8 Å². The fourth-order valence-electron chi connectivity index (χ4n) is 4.95. The second-order valence-corrected chi connectivity index (χ2v) is 15.1. The normalized spacial score (nSPS) is 26.6. The number of thiophene rings is 1. The maximum absolute atomic E-state index is 12.9. The lowest BCUT2D eigenvalue weighted by molar-refractivity contribution is -0.126. The quantitative estimate of drug-likeness (QED) is 0.300. The van der Waals surface area contributed by atoms with Crippen LogP contribution in [0.4, 0.5) is 19.0 Å². The van der Waals surface area contributed by atoms with E-state index < -0.39 is 32.0 Å². The van der Waals surface area contributed by atoms with Gasteiger partial charge in [0.2, 0.25) is 0 Å². The summed E-state index contributed by atoms with van der Waals surface area (Å²) in [5.41, 5.74) is 0. The van der Waals surface area contributed by atoms with Crippen LogP contribution in [-0.4, -0.2) is 62.1 Å². The average molecular weight is 566 g/mol. The molecule has 170 valence electrons. The van der Waals surface area contributed by atoms with Gasteiger partial charge in [-0.3, -0.25) is 3.11 Å². The number of alkyl halides is 4. The third-order valence-corrected chi connectivity index (χ3v) is 13.8. The Hall–Kier alpha value is -0.940. The molecule has 2 aromatic heterocycles. The topological polar surface area (TPSA) is 41.5 Å². The van der Waals surface area contributed by atoms with Crippen molar-refractivity contribution in [2.24, 2.45) is 5.92 Å². The Balaban J connectivity index is 1.32. The molecule has 0 aromatic carbocycles. The Bertz CT molecular complexity index is 1030. The molecule has 0 unspecified atom stereocenters. The molecule has 3 aliphatic heterocycles. The molecule has 0 bridgehead atoms. The summed E-state index contributed by atoms with van der Waals surface area (Å²) in [4.78, 5) is 11.9. The number of nitrogens with zero attached hydrogens (tertiary/aromatic N) is 4. The molecule has 31 heavy (non-hydrogen) atoms. The van der Waals surface area contributed by atoms with Gasteiger partial charge in [-0.1, -0.05) is 19.4 Å². The van der Waals surface area contributed by atoms with Gasteiger partial charge in [0.25, 0.3) is 0 Å². The van der Waals surface area contributed by atoms with Crippen molar-refractivity contribution in [2.75, 3.05) is 44.3 Å². The van der Waals surface area contributed by atoms with E-state index in [0.717, 1.165) is 87.6 Å². The van der Waals surface area contributed by atoms with Gasteiger partial charge in [-0.2, -0.15) is 13.2 Å². The second kappa shape index (κ2) is 8.44. The molecule has 3 aliphatic rings. The van der Waals surface area contributed by atoms with Crippen molar-refractivity contribution in [3.63, 3.8) is 0 Å². The Labute approximate surface area is 190 Å². The summed E-state index contributed by atoms with van der Waals surface area (Å²) in [6.45, 7) is 5.59. The number of halogens is 4. The van der Waals surface area contributed by atoms with Crippen molar-refractivity contribution < 1.29 is 17.9 Å². The van der Waals surface area contributed by atoms with E-state index in [2.05, 4.69) is 18.0 Å². The van der Waals surface area contributed by atoms with Crippen LogP contribution in [0.25, 0.3) is 10.2 Å². The van der Waals surface area contributed by atoms with Crippen LogP contribution in [-0.2, 0) is 11.2 Å². The summed E-state index contributed by atoms with van der Waals surface area (Å²) < 4.78 is 53.8. The maximum Gasteiger partial charge on any atom is 0.393 e. The Morgan fingerprint density at radius 1 is 1.23 bits per heavy atom. The fraction of sp³-hybridized carbons (Fsp3) is 0.667. The standard InChI is InChI=1S/C21H26F3IN4OS/c1-25-20(5-7-29(25)12-15-2-8-30-9-3-15)4-6-28(13-20)18-17-10-16(11-21(22,23)24)31-19(17)27-14-26-18/h1,10,14-15H,2-9,11-13H2/t20-/m1/s1. The predicted molar refractivity (Wildman–Crippen MR) is 125 cm³/mol. The van der Waals surface area contributed by atoms with E-state index in [-0.39, 0.29) is 8.30 Å². The molecular weight excluding hydrogens is 540 g/mol. The average Bonchev–Trinajstić information content (AvgIpc) is 3.41. The molecular formula is C21H26F3IN4OS. The second-order valence-electron chi connectivity index (χ2n) is 8.71. The molecule has 1 atom stereocenters. The molecule has 0 N–H and O–H groups in total. The lowest BCUT2D eigenvalue weighted by atomic mass is 10.00. The van der Waals surface area contributed by atoms with E-state index in [1.807, 2.05) is 0 Å². The van der Waals surface area contributed by atoms with E-state index in [1.165, 1.54) is 6.33 Å². The SMILES string of the molecule is C#I1N(CC2CCOCC2)CC[C@@]12CCN(c1ncnc3sc(CC(F)(F)F)cc13)C2. The summed E-state index contributed by atoms with van der Waals surface area (Å²) in [5.74, 6) is 1.45. The van der Waals surface area contributed by atoms with Gasteiger partial charge < -0.3 is 9.64 Å². The molecule has 2 aromatic rings. The highest BCUT2D eigenvalue weighted by atomic mass is 127. The van der Waals surface area contributed by atoms with Gasteiger partial charge in [-0.05, 0) is 37.7 Å². The zero-order valence-electron chi connectivity index (χ0n) is 17.2. The van der Waals surface area contributed by atoms with E-state index in [9.17, 15) is 13.2 Å². The lowest BCUT2D eigenvalue weighted by Crippen LogP contribution is -2.29. The largest absolute Gasteiger partial charge is 0.393 e. The minimum absolute atomic E-state index is 0.164. The van der Waals surface area contributed by atoms with E-state index in [0.29, 0.717) is 10.7 Å². The third-order valence-electron chi connectivity index (χ3n) is 6.61. The Morgan fingerprint density at radius 3 is 2.77 bits per heavy atom. The number of aromatic nitrogens is 2. The van der Waals surface area contributed by atoms with Crippen molar-refractivity contribution in [3.8, 4) is 4.31 Å². The molecule has 1 spiro atoms. The van der Waals surface area contributed by atoms with E-state index in [1.54, 1.807) is 6.07 Å². The van der Waals surface area contributed by atoms with Crippen LogP contribution in [0.1, 0.15) is 30.6 Å². The van der Waals surface area contributed by atoms with Crippen molar-refractivity contribution in [1.82, 2.24) is 13.1 Å². The van der Waals surface area contributed by atoms with Crippen LogP contribution in [0, 0.1) is 10.2 Å². The first kappa shape index (κ1) is 21.9. The number of ether oxygens (including phenoxy) is 1. The van der Waals surface area contributed by atoms with Crippen molar-refractivity contribution in [3.05, 3.63) is 17.3 Å². The lowest BCUT2D eigenvalue weighted by Gasteiger charge is -2.30. The first-order valence-electron chi connectivity index (χ1n) is 10.7. The van der Waals surface area contributed by atoms with Gasteiger partial charge in [-0.25, -0.2) is 9.97 Å². The monoisotopic (exact) mass is 566 g/mol. The van der Waals surface area contributed by atoms with Gasteiger partial charge in [0.1, 0.15) is 17.0 Å². The maximum atomic E-state index is 12.9. The van der Waals surface area contributed by atoms with Gasteiger partial charge in [0.15, 0.2) is 0 Å². The molecule has 0 radical (unpaired) electrons. The highest BCUT2D eigenvalue weighted by molar-refractivity contribution is 14.2. The van der Waals surface area contributed by atoms with Crippen LogP contribution in [0.15, 0.2) is 12.4 Å². The van der Waals surface area contributed by atoms with Crippen molar-refractivity contribution in [2.45, 2.75) is 41.7 Å². The molecule has 0 amide bonds. The third kappa shape index (κ3) is 4.46. The minimum Gasteiger partial charge on any atom is -0.381 e. The zero-order chi connectivity index (χ0) is 21.6. The molecule has 5 nitrogen and oxygen atoms in total. The molecule has 0 aliphatic carbocycles. The molecule has 3 saturated heterocycles. The summed E-state index contributed by atoms with van der Waals surface area (Å²) in [6.07, 6.45) is 0.741. The summed E-state index contributed by atoms with van der Waals surface area (Å²) in [5, 5.41) is 0.734. The Morgan fingerprint density at radius 2 is 2.00 bits per heavy atom. The van der Waals surface area contributed by atoms with Gasteiger partial charge in [-0.15, -0.1) is 15.6 Å². The van der Waals surface area contributed by atoms with Crippen molar-refractivity contribution >= 4 is 46.8 Å². The van der Waals surface area contributed by atoms with Gasteiger partial charge in [0, 0.05) is 47.7 Å². The van der Waals surface area contributed by atoms with Gasteiger partial charge >= 0.3 is 6.18 Å². The summed E-state index contributed by atoms with van der Waals surface area (Å²) >= 11 is -0.706. The highest BCUT2D eigenvalue weighted by Crippen LogP contribution is 2.55. The summed E-state index contributed by atoms with van der Waals surface area (Å²) in [7, 11) is 0. The number of anilines is 1. The summed E-state index contributed by atoms with van der Waals surface area (Å²) in [6, 6.07) is 1.62. The number of hydrogen-bond donors (Lipinski definition) is 0. The predicted octanol–water partition coefficient (Wildman–Crippen LogP) is 4.89. The van der Waals surface area contributed by atoms with Crippen molar-refractivity contribution in [1.29, 1.82) is 0 Å². The molecule has 5 heterocycles. The minimum atomic E-state index is -4.22. The molecule has 0 saturated carbocycles. The zero-order valence-corrected chi connectivity index (χ0v) is 20.2. The smallest absolute Gasteiger partial charge is 0.381 e. The van der Waals surface area contributed by atoms with Crippen LogP contribution in [0.3, 0.4) is 0 Å². The number of fused-ring (bicyclic) bond motifs is 1. The fourth-order valence-corrected chi connectivity index (χ4v) is 11.5. The first-order valence-corrected chi connectivity index (χ1v) is 14.8. The number of rotatable bonds is 4. The first-order chi connectivity index (χ1) is 14.8. The Kier molecular flexibility index (Phi) is 5.96. The molecule has 10 heteroatoms. The van der Waals surface area contributed by atoms with Crippen LogP contribution in [0.5, 0.6) is 0 Å². The van der Waals surface area contributed by atoms with E-state index >= 15 is 0 Å². The highest BCUT2D eigenvalue weighted by Gasteiger charge is 2.47. The van der Waals surface area contributed by atoms with Crippen LogP contribution in [0.2, 0.25) is 0 Å². The molecule has 5 rings (SSSR count). The van der Waals surface area contributed by atoms with E-state index in [4.69, 9.17) is 9.05 Å². The number of hydrogen-bond acceptors (Lipinski definition) is 6.